The number of hydrogen-bond acceptors (Lipinski definition) is 5. The predicted octanol–water partition coefficient (Wildman–Crippen LogP) is 0.822. The lowest BCUT2D eigenvalue weighted by Crippen LogP contribution is -2.59. The van der Waals surface area contributed by atoms with Crippen molar-refractivity contribution in [1.29, 1.82) is 0 Å². The van der Waals surface area contributed by atoms with Crippen molar-refractivity contribution in [3.63, 3.8) is 0 Å². The maximum Gasteiger partial charge on any atom is 0.0986 e. The van der Waals surface area contributed by atoms with Crippen molar-refractivity contribution < 1.29 is 18.9 Å². The minimum Gasteiger partial charge on any atom is -0.385 e. The molecule has 0 aromatic rings. The van der Waals surface area contributed by atoms with E-state index in [4.69, 9.17) is 18.9 Å². The molecule has 1 aliphatic rings. The maximum absolute atomic E-state index is 5.74. The standard InChI is InChI=1S/C13H27NO4/c1-4-14-11-10-12(13(11)16-3)18-9-8-17-7-5-6-15-2/h11-14H,4-10H2,1-3H3. The largest absolute Gasteiger partial charge is 0.385 e. The molecule has 0 heterocycles. The van der Waals surface area contributed by atoms with Crippen LogP contribution in [0, 0.1) is 0 Å². The Balaban J connectivity index is 1.96. The molecule has 5 heteroatoms. The molecule has 0 radical (unpaired) electrons. The van der Waals surface area contributed by atoms with E-state index < -0.39 is 0 Å². The molecule has 108 valence electrons. The quantitative estimate of drug-likeness (QED) is 0.558. The summed E-state index contributed by atoms with van der Waals surface area (Å²) < 4.78 is 21.6. The molecule has 5 nitrogen and oxygen atoms in total. The van der Waals surface area contributed by atoms with E-state index in [1.807, 2.05) is 0 Å². The molecule has 18 heavy (non-hydrogen) atoms. The molecule has 0 bridgehead atoms. The summed E-state index contributed by atoms with van der Waals surface area (Å²) in [4.78, 5) is 0. The van der Waals surface area contributed by atoms with E-state index in [0.717, 1.165) is 32.6 Å². The van der Waals surface area contributed by atoms with E-state index in [2.05, 4.69) is 12.2 Å². The molecule has 3 unspecified atom stereocenters. The van der Waals surface area contributed by atoms with Gasteiger partial charge in [0.25, 0.3) is 0 Å². The Kier molecular flexibility index (Phi) is 8.54. The number of hydrogen-bond donors (Lipinski definition) is 1. The second-order valence-electron chi connectivity index (χ2n) is 4.47. The van der Waals surface area contributed by atoms with Crippen molar-refractivity contribution in [3.8, 4) is 0 Å². The third-order valence-corrected chi connectivity index (χ3v) is 3.18. The SMILES string of the molecule is CCNC1CC(OCCOCCCOC)C1OC. The van der Waals surface area contributed by atoms with Gasteiger partial charge in [0, 0.05) is 33.5 Å². The average molecular weight is 261 g/mol. The lowest BCUT2D eigenvalue weighted by molar-refractivity contribution is -0.140. The highest BCUT2D eigenvalue weighted by atomic mass is 16.6. The van der Waals surface area contributed by atoms with Gasteiger partial charge in [-0.3, -0.25) is 0 Å². The Bertz CT molecular complexity index is 203. The summed E-state index contributed by atoms with van der Waals surface area (Å²) in [5.74, 6) is 0. The van der Waals surface area contributed by atoms with Gasteiger partial charge in [-0.05, 0) is 19.4 Å². The van der Waals surface area contributed by atoms with E-state index >= 15 is 0 Å². The minimum atomic E-state index is 0.179. The molecule has 0 amide bonds. The van der Waals surface area contributed by atoms with Gasteiger partial charge in [0.2, 0.25) is 0 Å². The van der Waals surface area contributed by atoms with Crippen molar-refractivity contribution in [1.82, 2.24) is 5.32 Å². The van der Waals surface area contributed by atoms with Crippen LogP contribution in [0.15, 0.2) is 0 Å². The van der Waals surface area contributed by atoms with Gasteiger partial charge in [0.1, 0.15) is 0 Å². The van der Waals surface area contributed by atoms with Gasteiger partial charge in [-0.25, -0.2) is 0 Å². The zero-order valence-corrected chi connectivity index (χ0v) is 11.8. The Morgan fingerprint density at radius 3 is 2.61 bits per heavy atom. The van der Waals surface area contributed by atoms with Crippen molar-refractivity contribution in [2.24, 2.45) is 0 Å². The van der Waals surface area contributed by atoms with Crippen LogP contribution < -0.4 is 5.32 Å². The minimum absolute atomic E-state index is 0.179. The van der Waals surface area contributed by atoms with Gasteiger partial charge in [-0.15, -0.1) is 0 Å². The molecule has 0 aromatic heterocycles. The maximum atomic E-state index is 5.74. The second-order valence-corrected chi connectivity index (χ2v) is 4.47. The van der Waals surface area contributed by atoms with E-state index in [1.54, 1.807) is 14.2 Å². The molecule has 0 aromatic carbocycles. The monoisotopic (exact) mass is 261 g/mol. The first-order valence-electron chi connectivity index (χ1n) is 6.78. The summed E-state index contributed by atoms with van der Waals surface area (Å²) >= 11 is 0. The number of ether oxygens (including phenoxy) is 4. The van der Waals surface area contributed by atoms with Crippen LogP contribution in [0.4, 0.5) is 0 Å². The first-order valence-corrected chi connectivity index (χ1v) is 6.78. The van der Waals surface area contributed by atoms with Crippen LogP contribution >= 0.6 is 0 Å². The number of methoxy groups -OCH3 is 2. The molecule has 1 fully saturated rings. The molecule has 1 aliphatic carbocycles. The van der Waals surface area contributed by atoms with Gasteiger partial charge in [-0.1, -0.05) is 6.92 Å². The van der Waals surface area contributed by atoms with Crippen molar-refractivity contribution in [3.05, 3.63) is 0 Å². The van der Waals surface area contributed by atoms with Gasteiger partial charge in [-0.2, -0.15) is 0 Å². The van der Waals surface area contributed by atoms with Crippen molar-refractivity contribution in [2.45, 2.75) is 38.0 Å². The molecule has 0 aliphatic heterocycles. The number of nitrogens with one attached hydrogen (secondary N) is 1. The topological polar surface area (TPSA) is 49.0 Å². The summed E-state index contributed by atoms with van der Waals surface area (Å²) in [6.45, 7) is 5.84. The molecule has 0 saturated heterocycles. The highest BCUT2D eigenvalue weighted by molar-refractivity contribution is 4.96. The van der Waals surface area contributed by atoms with Crippen molar-refractivity contribution >= 4 is 0 Å². The van der Waals surface area contributed by atoms with Crippen LogP contribution in [0.25, 0.3) is 0 Å². The average Bonchev–Trinajstić information content (AvgIpc) is 2.35. The van der Waals surface area contributed by atoms with Gasteiger partial charge in [0.05, 0.1) is 25.4 Å². The summed E-state index contributed by atoms with van der Waals surface area (Å²) in [5, 5.41) is 3.39. The molecule has 1 rings (SSSR count). The second kappa shape index (κ2) is 9.69. The zero-order chi connectivity index (χ0) is 13.2. The highest BCUT2D eigenvalue weighted by Gasteiger charge is 2.41. The Morgan fingerprint density at radius 2 is 1.94 bits per heavy atom. The fraction of sp³-hybridized carbons (Fsp3) is 1.00. The van der Waals surface area contributed by atoms with Gasteiger partial charge < -0.3 is 24.3 Å². The molecule has 3 atom stereocenters. The van der Waals surface area contributed by atoms with E-state index in [-0.39, 0.29) is 12.2 Å². The summed E-state index contributed by atoms with van der Waals surface area (Å²) in [6.07, 6.45) is 2.35. The Labute approximate surface area is 110 Å². The number of likely N-dealkylation sites (N-methyl/N-ethyl adjacent to an activating group) is 1. The lowest BCUT2D eigenvalue weighted by atomic mass is 9.85. The predicted molar refractivity (Wildman–Crippen MR) is 69.9 cm³/mol. The summed E-state index contributed by atoms with van der Waals surface area (Å²) in [7, 11) is 3.44. The Hall–Kier alpha value is -0.200. The van der Waals surface area contributed by atoms with Crippen LogP contribution in [-0.2, 0) is 18.9 Å². The first-order chi connectivity index (χ1) is 8.83. The molecule has 1 N–H and O–H groups in total. The summed E-state index contributed by atoms with van der Waals surface area (Å²) in [6, 6.07) is 0.438. The zero-order valence-electron chi connectivity index (χ0n) is 11.8. The van der Waals surface area contributed by atoms with Crippen LogP contribution in [-0.4, -0.2) is 65.4 Å². The molecular weight excluding hydrogens is 234 g/mol. The summed E-state index contributed by atoms with van der Waals surface area (Å²) in [5.41, 5.74) is 0. The highest BCUT2D eigenvalue weighted by Crippen LogP contribution is 2.26. The third kappa shape index (κ3) is 5.20. The third-order valence-electron chi connectivity index (χ3n) is 3.18. The first kappa shape index (κ1) is 15.9. The lowest BCUT2D eigenvalue weighted by Gasteiger charge is -2.43. The Morgan fingerprint density at radius 1 is 1.11 bits per heavy atom. The molecule has 0 spiro atoms. The molecule has 1 saturated carbocycles. The van der Waals surface area contributed by atoms with Crippen LogP contribution in [0.1, 0.15) is 19.8 Å². The van der Waals surface area contributed by atoms with E-state index in [0.29, 0.717) is 19.3 Å². The molecular formula is C13H27NO4. The van der Waals surface area contributed by atoms with Crippen LogP contribution in [0.5, 0.6) is 0 Å². The van der Waals surface area contributed by atoms with Gasteiger partial charge in [0.15, 0.2) is 0 Å². The van der Waals surface area contributed by atoms with Crippen molar-refractivity contribution in [2.75, 3.05) is 47.2 Å². The van der Waals surface area contributed by atoms with Crippen LogP contribution in [0.2, 0.25) is 0 Å². The fourth-order valence-corrected chi connectivity index (χ4v) is 2.19. The van der Waals surface area contributed by atoms with Gasteiger partial charge >= 0.3 is 0 Å². The van der Waals surface area contributed by atoms with Crippen LogP contribution in [0.3, 0.4) is 0 Å². The normalized spacial score (nSPS) is 27.2. The number of rotatable bonds is 11. The van der Waals surface area contributed by atoms with E-state index in [1.165, 1.54) is 0 Å². The smallest absolute Gasteiger partial charge is 0.0986 e. The fourth-order valence-electron chi connectivity index (χ4n) is 2.19. The van der Waals surface area contributed by atoms with E-state index in [9.17, 15) is 0 Å².